The number of nitrogens with one attached hydrogen (secondary N) is 3. The van der Waals surface area contributed by atoms with Crippen molar-refractivity contribution in [3.63, 3.8) is 0 Å². The van der Waals surface area contributed by atoms with Crippen LogP contribution < -0.4 is 16.0 Å². The molecule has 1 saturated heterocycles. The normalized spacial score (nSPS) is 16.5. The predicted molar refractivity (Wildman–Crippen MR) is 112 cm³/mol. The topological polar surface area (TPSA) is 68.8 Å². The van der Waals surface area contributed by atoms with Crippen LogP contribution >= 0.6 is 24.0 Å². The highest BCUT2D eigenvalue weighted by molar-refractivity contribution is 14.0. The van der Waals surface area contributed by atoms with Gasteiger partial charge in [-0.1, -0.05) is 26.0 Å². The van der Waals surface area contributed by atoms with Crippen molar-refractivity contribution in [2.24, 2.45) is 10.9 Å². The highest BCUT2D eigenvalue weighted by Crippen LogP contribution is 2.11. The molecule has 7 heteroatoms. The van der Waals surface area contributed by atoms with Crippen molar-refractivity contribution >= 4 is 35.8 Å². The monoisotopic (exact) mass is 451 g/mol. The number of likely N-dealkylation sites (tertiary alicyclic amines) is 1. The number of hydrogen-bond acceptors (Lipinski definition) is 3. The summed E-state index contributed by atoms with van der Waals surface area (Å²) in [4.78, 5) is 18.2. The largest absolute Gasteiger partial charge is 0.355 e. The average molecular weight is 451 g/mol. The maximum Gasteiger partial charge on any atom is 0.222 e. The van der Waals surface area contributed by atoms with Gasteiger partial charge in [0, 0.05) is 51.7 Å². The minimum Gasteiger partial charge on any atom is -0.355 e. The quantitative estimate of drug-likeness (QED) is 0.181. The molecule has 1 heterocycles. The lowest BCUT2D eigenvalue weighted by molar-refractivity contribution is -0.123. The van der Waals surface area contributed by atoms with E-state index in [0.717, 1.165) is 38.4 Å². The first-order valence-electron chi connectivity index (χ1n) is 8.54. The molecule has 1 rings (SSSR count). The highest BCUT2D eigenvalue weighted by Gasteiger charge is 2.19. The molecule has 1 amide bonds. The van der Waals surface area contributed by atoms with E-state index in [1.807, 2.05) is 13.8 Å². The van der Waals surface area contributed by atoms with Crippen LogP contribution in [0, 0.1) is 5.92 Å². The van der Waals surface area contributed by atoms with Gasteiger partial charge in [0.15, 0.2) is 5.96 Å². The number of rotatable bonds is 7. The van der Waals surface area contributed by atoms with Crippen molar-refractivity contribution < 1.29 is 4.79 Å². The molecule has 1 aliphatic rings. The van der Waals surface area contributed by atoms with E-state index in [-0.39, 0.29) is 35.8 Å². The maximum absolute atomic E-state index is 11.5. The first-order chi connectivity index (χ1) is 10.9. The summed E-state index contributed by atoms with van der Waals surface area (Å²) >= 11 is 0. The Morgan fingerprint density at radius 1 is 1.25 bits per heavy atom. The highest BCUT2D eigenvalue weighted by atomic mass is 127. The Bertz CT molecular complexity index is 417. The summed E-state index contributed by atoms with van der Waals surface area (Å²) in [5.74, 6) is 0.915. The predicted octanol–water partition coefficient (Wildman–Crippen LogP) is 1.58. The summed E-state index contributed by atoms with van der Waals surface area (Å²) < 4.78 is 0. The van der Waals surface area contributed by atoms with Gasteiger partial charge in [0.2, 0.25) is 5.91 Å². The Labute approximate surface area is 163 Å². The number of aliphatic imine (C=N–C) groups is 1. The minimum absolute atomic E-state index is 0. The molecule has 0 radical (unpaired) electrons. The van der Waals surface area contributed by atoms with Crippen molar-refractivity contribution in [2.45, 2.75) is 39.7 Å². The SMILES string of the molecule is C=C(C)CN1CCC(NC(=NC)NCCNC(=O)C(C)C)CC1.I. The van der Waals surface area contributed by atoms with E-state index in [4.69, 9.17) is 0 Å². The van der Waals surface area contributed by atoms with E-state index in [2.05, 4.69) is 39.3 Å². The van der Waals surface area contributed by atoms with Crippen molar-refractivity contribution in [2.75, 3.05) is 39.8 Å². The first kappa shape index (κ1) is 23.2. The number of carbonyl (C=O) groups is 1. The van der Waals surface area contributed by atoms with E-state index in [1.165, 1.54) is 5.57 Å². The van der Waals surface area contributed by atoms with Crippen molar-refractivity contribution in [3.8, 4) is 0 Å². The molecule has 3 N–H and O–H groups in total. The van der Waals surface area contributed by atoms with Gasteiger partial charge in [-0.15, -0.1) is 24.0 Å². The third-order valence-electron chi connectivity index (χ3n) is 3.89. The van der Waals surface area contributed by atoms with Crippen LogP contribution in [0.3, 0.4) is 0 Å². The van der Waals surface area contributed by atoms with Crippen LogP contribution in [-0.4, -0.2) is 62.6 Å². The number of amides is 1. The summed E-state index contributed by atoms with van der Waals surface area (Å²) in [7, 11) is 1.78. The average Bonchev–Trinajstić information content (AvgIpc) is 2.51. The van der Waals surface area contributed by atoms with Crippen LogP contribution in [-0.2, 0) is 4.79 Å². The molecule has 0 bridgehead atoms. The second-order valence-corrected chi connectivity index (χ2v) is 6.60. The van der Waals surface area contributed by atoms with Gasteiger partial charge in [-0.3, -0.25) is 14.7 Å². The zero-order chi connectivity index (χ0) is 17.2. The lowest BCUT2D eigenvalue weighted by Crippen LogP contribution is -2.50. The summed E-state index contributed by atoms with van der Waals surface area (Å²) in [5.41, 5.74) is 1.22. The van der Waals surface area contributed by atoms with Crippen molar-refractivity contribution in [3.05, 3.63) is 12.2 Å². The van der Waals surface area contributed by atoms with E-state index in [9.17, 15) is 4.79 Å². The molecule has 0 spiro atoms. The minimum atomic E-state index is 0. The maximum atomic E-state index is 11.5. The van der Waals surface area contributed by atoms with Crippen LogP contribution in [0.5, 0.6) is 0 Å². The molecule has 24 heavy (non-hydrogen) atoms. The van der Waals surface area contributed by atoms with Gasteiger partial charge in [-0.05, 0) is 19.8 Å². The van der Waals surface area contributed by atoms with Gasteiger partial charge in [-0.2, -0.15) is 0 Å². The molecule has 0 saturated carbocycles. The molecule has 0 aromatic heterocycles. The fraction of sp³-hybridized carbons (Fsp3) is 0.765. The van der Waals surface area contributed by atoms with Crippen LogP contribution in [0.1, 0.15) is 33.6 Å². The van der Waals surface area contributed by atoms with E-state index in [0.29, 0.717) is 19.1 Å². The van der Waals surface area contributed by atoms with Crippen molar-refractivity contribution in [1.29, 1.82) is 0 Å². The number of guanidine groups is 1. The molecule has 1 aliphatic heterocycles. The number of carbonyl (C=O) groups excluding carboxylic acids is 1. The van der Waals surface area contributed by atoms with Crippen LogP contribution in [0.4, 0.5) is 0 Å². The first-order valence-corrected chi connectivity index (χ1v) is 8.54. The van der Waals surface area contributed by atoms with Gasteiger partial charge in [0.1, 0.15) is 0 Å². The summed E-state index contributed by atoms with van der Waals surface area (Å²) in [5, 5.41) is 9.61. The molecule has 6 nitrogen and oxygen atoms in total. The molecular formula is C17H34IN5O. The zero-order valence-electron chi connectivity index (χ0n) is 15.5. The molecule has 0 unspecified atom stereocenters. The van der Waals surface area contributed by atoms with Crippen LogP contribution in [0.15, 0.2) is 17.1 Å². The van der Waals surface area contributed by atoms with E-state index < -0.39 is 0 Å². The molecule has 0 aliphatic carbocycles. The molecule has 140 valence electrons. The Hall–Kier alpha value is -0.830. The third-order valence-corrected chi connectivity index (χ3v) is 3.89. The standard InChI is InChI=1S/C17H33N5O.HI/c1-13(2)12-22-10-6-15(7-11-22)21-17(18-5)20-9-8-19-16(23)14(3)4;/h14-15H,1,6-12H2,2-5H3,(H,19,23)(H2,18,20,21);1H. The Kier molecular flexibility index (Phi) is 12.1. The fourth-order valence-electron chi connectivity index (χ4n) is 2.58. The Morgan fingerprint density at radius 2 is 1.83 bits per heavy atom. The van der Waals surface area contributed by atoms with Crippen molar-refractivity contribution in [1.82, 2.24) is 20.9 Å². The summed E-state index contributed by atoms with van der Waals surface area (Å²) in [6.45, 7) is 14.3. The second-order valence-electron chi connectivity index (χ2n) is 6.60. The second kappa shape index (κ2) is 12.5. The number of nitrogens with zero attached hydrogens (tertiary/aromatic N) is 2. The molecule has 1 fully saturated rings. The summed E-state index contributed by atoms with van der Waals surface area (Å²) in [6.07, 6.45) is 2.22. The summed E-state index contributed by atoms with van der Waals surface area (Å²) in [6, 6.07) is 0.452. The van der Waals surface area contributed by atoms with Crippen LogP contribution in [0.2, 0.25) is 0 Å². The third kappa shape index (κ3) is 9.46. The lowest BCUT2D eigenvalue weighted by atomic mass is 10.0. The number of halogens is 1. The van der Waals surface area contributed by atoms with E-state index >= 15 is 0 Å². The van der Waals surface area contributed by atoms with Gasteiger partial charge in [-0.25, -0.2) is 0 Å². The number of piperidine rings is 1. The van der Waals surface area contributed by atoms with Gasteiger partial charge >= 0.3 is 0 Å². The zero-order valence-corrected chi connectivity index (χ0v) is 17.9. The van der Waals surface area contributed by atoms with E-state index in [1.54, 1.807) is 7.05 Å². The Balaban J connectivity index is 0.00000529. The Morgan fingerprint density at radius 3 is 2.33 bits per heavy atom. The molecular weight excluding hydrogens is 417 g/mol. The smallest absolute Gasteiger partial charge is 0.222 e. The number of hydrogen-bond donors (Lipinski definition) is 3. The van der Waals surface area contributed by atoms with Crippen LogP contribution in [0.25, 0.3) is 0 Å². The molecule has 0 atom stereocenters. The van der Waals surface area contributed by atoms with Gasteiger partial charge in [0.25, 0.3) is 0 Å². The van der Waals surface area contributed by atoms with Gasteiger partial charge < -0.3 is 16.0 Å². The molecule has 0 aromatic rings. The van der Waals surface area contributed by atoms with Gasteiger partial charge in [0.05, 0.1) is 0 Å². The fourth-order valence-corrected chi connectivity index (χ4v) is 2.58. The lowest BCUT2D eigenvalue weighted by Gasteiger charge is -2.33. The molecule has 0 aromatic carbocycles.